The topological polar surface area (TPSA) is 66.8 Å². The molecule has 1 atom stereocenters. The third-order valence-electron chi connectivity index (χ3n) is 2.75. The van der Waals surface area contributed by atoms with Gasteiger partial charge in [-0.1, -0.05) is 29.4 Å². The quantitative estimate of drug-likeness (QED) is 0.787. The summed E-state index contributed by atoms with van der Waals surface area (Å²) in [6.07, 6.45) is 1.53. The first-order chi connectivity index (χ1) is 9.85. The summed E-state index contributed by atoms with van der Waals surface area (Å²) in [4.78, 5) is 13.3. The molecule has 1 amide bonds. The molecule has 1 aliphatic rings. The lowest BCUT2D eigenvalue weighted by molar-refractivity contribution is -0.125. The Morgan fingerprint density at radius 1 is 1.43 bits per heavy atom. The van der Waals surface area contributed by atoms with E-state index >= 15 is 0 Å². The molecule has 5 nitrogen and oxygen atoms in total. The molecular formula is C13H13ClN2O3S2. The number of amidine groups is 1. The molecule has 1 saturated heterocycles. The predicted octanol–water partition coefficient (Wildman–Crippen LogP) is 2.53. The van der Waals surface area contributed by atoms with Gasteiger partial charge in [-0.3, -0.25) is 9.69 Å². The van der Waals surface area contributed by atoms with Crippen molar-refractivity contribution in [3.05, 3.63) is 41.9 Å². The molecular weight excluding hydrogens is 332 g/mol. The van der Waals surface area contributed by atoms with Gasteiger partial charge in [-0.05, 0) is 31.2 Å². The van der Waals surface area contributed by atoms with Gasteiger partial charge >= 0.3 is 0 Å². The van der Waals surface area contributed by atoms with Gasteiger partial charge in [0.15, 0.2) is 5.17 Å². The Morgan fingerprint density at radius 3 is 2.62 bits per heavy atom. The molecule has 112 valence electrons. The van der Waals surface area contributed by atoms with E-state index in [4.69, 9.17) is 11.6 Å². The minimum absolute atomic E-state index is 0.0329. The number of hydrogen-bond donors (Lipinski definition) is 0. The molecule has 0 N–H and O–H groups in total. The molecule has 1 aromatic carbocycles. The van der Waals surface area contributed by atoms with E-state index in [0.29, 0.717) is 5.02 Å². The first-order valence-corrected chi connectivity index (χ1v) is 8.74. The van der Waals surface area contributed by atoms with E-state index in [1.54, 1.807) is 6.92 Å². The standard InChI is InChI=1S/C13H13ClN2O3S2/c1-3-8-16-12(17)9(2)20-13(16)15-21(18,19)11-6-4-10(14)5-7-11/h3-7,9H,1,8H2,2H3/t9-/m0/s1. The summed E-state index contributed by atoms with van der Waals surface area (Å²) < 4.78 is 28.3. The number of carbonyl (C=O) groups is 1. The van der Waals surface area contributed by atoms with E-state index < -0.39 is 10.0 Å². The van der Waals surface area contributed by atoms with Gasteiger partial charge in [-0.2, -0.15) is 8.42 Å². The highest BCUT2D eigenvalue weighted by atomic mass is 35.5. The van der Waals surface area contributed by atoms with Gasteiger partial charge in [0, 0.05) is 11.6 Å². The van der Waals surface area contributed by atoms with Crippen LogP contribution in [-0.4, -0.2) is 36.2 Å². The lowest BCUT2D eigenvalue weighted by Crippen LogP contribution is -2.31. The zero-order valence-corrected chi connectivity index (χ0v) is 13.6. The highest BCUT2D eigenvalue weighted by Gasteiger charge is 2.35. The molecule has 0 radical (unpaired) electrons. The molecule has 8 heteroatoms. The summed E-state index contributed by atoms with van der Waals surface area (Å²) in [5.74, 6) is -0.176. The normalized spacial score (nSPS) is 21.0. The third kappa shape index (κ3) is 3.48. The molecule has 0 saturated carbocycles. The van der Waals surface area contributed by atoms with Crippen LogP contribution < -0.4 is 0 Å². The molecule has 0 bridgehead atoms. The van der Waals surface area contributed by atoms with Gasteiger partial charge in [0.2, 0.25) is 5.91 Å². The van der Waals surface area contributed by atoms with Gasteiger partial charge in [0.05, 0.1) is 10.1 Å². The number of amides is 1. The van der Waals surface area contributed by atoms with Gasteiger partial charge in [-0.15, -0.1) is 11.0 Å². The van der Waals surface area contributed by atoms with Crippen molar-refractivity contribution in [2.24, 2.45) is 4.40 Å². The molecule has 21 heavy (non-hydrogen) atoms. The van der Waals surface area contributed by atoms with Crippen molar-refractivity contribution in [1.29, 1.82) is 0 Å². The fourth-order valence-corrected chi connectivity index (χ4v) is 4.03. The molecule has 0 spiro atoms. The highest BCUT2D eigenvalue weighted by Crippen LogP contribution is 2.28. The van der Waals surface area contributed by atoms with Crippen LogP contribution in [-0.2, 0) is 14.8 Å². The number of carbonyl (C=O) groups excluding carboxylic acids is 1. The Labute approximate surface area is 132 Å². The van der Waals surface area contributed by atoms with Crippen LogP contribution in [0, 0.1) is 0 Å². The van der Waals surface area contributed by atoms with Crippen molar-refractivity contribution in [2.45, 2.75) is 17.1 Å². The lowest BCUT2D eigenvalue weighted by atomic mass is 10.4. The average molecular weight is 345 g/mol. The smallest absolute Gasteiger partial charge is 0.284 e. The molecule has 1 fully saturated rings. The van der Waals surface area contributed by atoms with Crippen molar-refractivity contribution >= 4 is 44.5 Å². The van der Waals surface area contributed by atoms with Crippen LogP contribution in [0.3, 0.4) is 0 Å². The van der Waals surface area contributed by atoms with Crippen molar-refractivity contribution in [3.63, 3.8) is 0 Å². The van der Waals surface area contributed by atoms with Crippen LogP contribution in [0.4, 0.5) is 0 Å². The number of hydrogen-bond acceptors (Lipinski definition) is 4. The molecule has 1 aromatic rings. The predicted molar refractivity (Wildman–Crippen MR) is 85.0 cm³/mol. The fraction of sp³-hybridized carbons (Fsp3) is 0.231. The summed E-state index contributed by atoms with van der Waals surface area (Å²) in [5, 5.41) is 0.250. The second kappa shape index (κ2) is 6.21. The van der Waals surface area contributed by atoms with Crippen LogP contribution in [0.1, 0.15) is 6.92 Å². The fourth-order valence-electron chi connectivity index (χ4n) is 1.72. The Balaban J connectivity index is 2.39. The second-order valence-corrected chi connectivity index (χ2v) is 7.65. The van der Waals surface area contributed by atoms with Crippen molar-refractivity contribution in [2.75, 3.05) is 6.54 Å². The van der Waals surface area contributed by atoms with Crippen molar-refractivity contribution < 1.29 is 13.2 Å². The third-order valence-corrected chi connectivity index (χ3v) is 5.47. The first kappa shape index (κ1) is 16.1. The van der Waals surface area contributed by atoms with E-state index in [1.165, 1.54) is 35.2 Å². The molecule has 2 rings (SSSR count). The minimum atomic E-state index is -3.88. The molecule has 1 aliphatic heterocycles. The SMILES string of the molecule is C=CCN1C(=O)[C@H](C)SC1=NS(=O)(=O)c1ccc(Cl)cc1. The number of rotatable bonds is 4. The van der Waals surface area contributed by atoms with E-state index in [0.717, 1.165) is 11.8 Å². The van der Waals surface area contributed by atoms with Gasteiger partial charge in [0.25, 0.3) is 10.0 Å². The van der Waals surface area contributed by atoms with Crippen molar-refractivity contribution in [1.82, 2.24) is 4.90 Å². The van der Waals surface area contributed by atoms with Crippen molar-refractivity contribution in [3.8, 4) is 0 Å². The average Bonchev–Trinajstić information content (AvgIpc) is 2.67. The Hall–Kier alpha value is -1.31. The van der Waals surface area contributed by atoms with Gasteiger partial charge in [-0.25, -0.2) is 0 Å². The van der Waals surface area contributed by atoms with Crippen LogP contribution in [0.2, 0.25) is 5.02 Å². The minimum Gasteiger partial charge on any atom is -0.286 e. The van der Waals surface area contributed by atoms with Crippen LogP contribution in [0.25, 0.3) is 0 Å². The summed E-state index contributed by atoms with van der Waals surface area (Å²) in [6.45, 7) is 5.50. The number of halogens is 1. The summed E-state index contributed by atoms with van der Waals surface area (Å²) in [5.41, 5.74) is 0. The Kier molecular flexibility index (Phi) is 4.75. The maximum absolute atomic E-state index is 12.3. The molecule has 0 unspecified atom stereocenters. The van der Waals surface area contributed by atoms with E-state index in [-0.39, 0.29) is 27.8 Å². The monoisotopic (exact) mass is 344 g/mol. The number of benzene rings is 1. The Morgan fingerprint density at radius 2 is 2.05 bits per heavy atom. The summed E-state index contributed by atoms with van der Waals surface area (Å²) in [7, 11) is -3.88. The number of sulfonamides is 1. The largest absolute Gasteiger partial charge is 0.286 e. The maximum Gasteiger partial charge on any atom is 0.284 e. The second-order valence-electron chi connectivity index (χ2n) is 4.30. The Bertz CT molecular complexity index is 699. The molecule has 1 heterocycles. The molecule has 0 aliphatic carbocycles. The van der Waals surface area contributed by atoms with Crippen LogP contribution in [0.15, 0.2) is 46.2 Å². The van der Waals surface area contributed by atoms with E-state index in [9.17, 15) is 13.2 Å². The zero-order chi connectivity index (χ0) is 15.6. The number of nitrogens with zero attached hydrogens (tertiary/aromatic N) is 2. The highest BCUT2D eigenvalue weighted by molar-refractivity contribution is 8.16. The molecule has 0 aromatic heterocycles. The summed E-state index contributed by atoms with van der Waals surface area (Å²) in [6, 6.07) is 5.71. The summed E-state index contributed by atoms with van der Waals surface area (Å²) >= 11 is 6.86. The maximum atomic E-state index is 12.3. The van der Waals surface area contributed by atoms with Crippen LogP contribution in [0.5, 0.6) is 0 Å². The van der Waals surface area contributed by atoms with E-state index in [1.807, 2.05) is 0 Å². The van der Waals surface area contributed by atoms with Crippen LogP contribution >= 0.6 is 23.4 Å². The lowest BCUT2D eigenvalue weighted by Gasteiger charge is -2.13. The first-order valence-electron chi connectivity index (χ1n) is 6.04. The van der Waals surface area contributed by atoms with Gasteiger partial charge < -0.3 is 0 Å². The van der Waals surface area contributed by atoms with E-state index in [2.05, 4.69) is 11.0 Å². The zero-order valence-electron chi connectivity index (χ0n) is 11.2. The van der Waals surface area contributed by atoms with Gasteiger partial charge in [0.1, 0.15) is 0 Å². The number of thioether (sulfide) groups is 1.